The first-order valence-electron chi connectivity index (χ1n) is 6.64. The van der Waals surface area contributed by atoms with Crippen molar-refractivity contribution in [2.45, 2.75) is 19.9 Å². The van der Waals surface area contributed by atoms with Crippen molar-refractivity contribution in [3.63, 3.8) is 0 Å². The fourth-order valence-corrected chi connectivity index (χ4v) is 3.58. The molecule has 0 atom stereocenters. The minimum atomic E-state index is 0.456. The van der Waals surface area contributed by atoms with Crippen molar-refractivity contribution in [2.75, 3.05) is 0 Å². The number of nitrogens with two attached hydrogens (primary N) is 1. The molecule has 0 radical (unpaired) electrons. The molecule has 2 N–H and O–H groups in total. The molecular weight excluding hydrogens is 284 g/mol. The third-order valence-corrected chi connectivity index (χ3v) is 4.91. The van der Waals surface area contributed by atoms with E-state index in [-0.39, 0.29) is 0 Å². The van der Waals surface area contributed by atoms with Crippen LogP contribution in [0.25, 0.3) is 10.9 Å². The van der Waals surface area contributed by atoms with Gasteiger partial charge >= 0.3 is 0 Å². The van der Waals surface area contributed by atoms with E-state index in [1.54, 1.807) is 0 Å². The monoisotopic (exact) mass is 300 g/mol. The van der Waals surface area contributed by atoms with Gasteiger partial charge in [0.2, 0.25) is 0 Å². The smallest absolute Gasteiger partial charge is 0.104 e. The molecule has 0 fully saturated rings. The molecule has 0 aliphatic heterocycles. The van der Waals surface area contributed by atoms with Gasteiger partial charge in [0.15, 0.2) is 0 Å². The van der Waals surface area contributed by atoms with Gasteiger partial charge in [0.1, 0.15) is 4.99 Å². The first kappa shape index (κ1) is 13.3. The Hall–Kier alpha value is -1.65. The number of benzene rings is 1. The molecule has 0 unspecified atom stereocenters. The molecule has 2 aromatic heterocycles. The third-order valence-electron chi connectivity index (χ3n) is 3.47. The summed E-state index contributed by atoms with van der Waals surface area (Å²) in [5.41, 5.74) is 7.92. The summed E-state index contributed by atoms with van der Waals surface area (Å²) in [6.45, 7) is 3.09. The zero-order valence-corrected chi connectivity index (χ0v) is 12.9. The van der Waals surface area contributed by atoms with Gasteiger partial charge in [-0.25, -0.2) is 0 Å². The number of thiocarbonyl (C=S) groups is 1. The molecular formula is C16H16N2S2. The van der Waals surface area contributed by atoms with Crippen LogP contribution in [-0.4, -0.2) is 9.56 Å². The highest BCUT2D eigenvalue weighted by molar-refractivity contribution is 7.80. The van der Waals surface area contributed by atoms with E-state index in [2.05, 4.69) is 42.0 Å². The molecule has 0 amide bonds. The highest BCUT2D eigenvalue weighted by Gasteiger charge is 2.08. The molecule has 4 heteroatoms. The summed E-state index contributed by atoms with van der Waals surface area (Å²) in [5.74, 6) is 0. The first-order chi connectivity index (χ1) is 9.69. The lowest BCUT2D eigenvalue weighted by molar-refractivity contribution is 0.851. The fourth-order valence-electron chi connectivity index (χ4n) is 2.44. The molecule has 0 aliphatic rings. The number of thiophene rings is 1. The molecule has 0 bridgehead atoms. The SMILES string of the molecule is CCc1ccc(Cn2ccc3c(C(N)=S)cccc32)s1. The van der Waals surface area contributed by atoms with Crippen LogP contribution in [0.1, 0.15) is 22.2 Å². The second kappa shape index (κ2) is 5.38. The molecule has 0 saturated carbocycles. The highest BCUT2D eigenvalue weighted by atomic mass is 32.1. The number of nitrogens with zero attached hydrogens (tertiary/aromatic N) is 1. The fraction of sp³-hybridized carbons (Fsp3) is 0.188. The van der Waals surface area contributed by atoms with E-state index in [0.717, 1.165) is 23.9 Å². The van der Waals surface area contributed by atoms with Crippen LogP contribution in [0.4, 0.5) is 0 Å². The average molecular weight is 300 g/mol. The minimum Gasteiger partial charge on any atom is -0.389 e. The molecule has 20 heavy (non-hydrogen) atoms. The average Bonchev–Trinajstić information content (AvgIpc) is 3.06. The van der Waals surface area contributed by atoms with Gasteiger partial charge in [0.05, 0.1) is 6.54 Å². The van der Waals surface area contributed by atoms with Crippen molar-refractivity contribution in [3.05, 3.63) is 57.9 Å². The number of aromatic nitrogens is 1. The van der Waals surface area contributed by atoms with E-state index in [4.69, 9.17) is 18.0 Å². The van der Waals surface area contributed by atoms with Crippen molar-refractivity contribution in [1.29, 1.82) is 0 Å². The maximum Gasteiger partial charge on any atom is 0.104 e. The Balaban J connectivity index is 2.00. The molecule has 102 valence electrons. The maximum atomic E-state index is 5.79. The van der Waals surface area contributed by atoms with Crippen LogP contribution in [0.5, 0.6) is 0 Å². The van der Waals surface area contributed by atoms with Crippen molar-refractivity contribution in [3.8, 4) is 0 Å². The van der Waals surface area contributed by atoms with Crippen LogP contribution >= 0.6 is 23.6 Å². The molecule has 1 aromatic carbocycles. The molecule has 0 spiro atoms. The molecule has 3 rings (SSSR count). The quantitative estimate of drug-likeness (QED) is 0.740. The number of aryl methyl sites for hydroxylation is 1. The zero-order valence-electron chi connectivity index (χ0n) is 11.3. The van der Waals surface area contributed by atoms with E-state index in [1.165, 1.54) is 15.3 Å². The molecule has 0 aliphatic carbocycles. The van der Waals surface area contributed by atoms with Gasteiger partial charge in [-0.2, -0.15) is 0 Å². The first-order valence-corrected chi connectivity index (χ1v) is 7.86. The van der Waals surface area contributed by atoms with E-state index in [9.17, 15) is 0 Å². The van der Waals surface area contributed by atoms with Gasteiger partial charge in [0.25, 0.3) is 0 Å². The normalized spacial score (nSPS) is 11.1. The summed E-state index contributed by atoms with van der Waals surface area (Å²) < 4.78 is 2.25. The standard InChI is InChI=1S/C16H16N2S2/c1-2-11-6-7-12(20-11)10-18-9-8-13-14(16(17)19)4-3-5-15(13)18/h3-9H,2,10H2,1H3,(H2,17,19). The van der Waals surface area contributed by atoms with Crippen molar-refractivity contribution < 1.29 is 0 Å². The van der Waals surface area contributed by atoms with Crippen molar-refractivity contribution >= 4 is 39.4 Å². The molecule has 3 aromatic rings. The number of hydrogen-bond donors (Lipinski definition) is 1. The number of hydrogen-bond acceptors (Lipinski definition) is 2. The van der Waals surface area contributed by atoms with Crippen molar-refractivity contribution in [1.82, 2.24) is 4.57 Å². The minimum absolute atomic E-state index is 0.456. The summed E-state index contributed by atoms with van der Waals surface area (Å²) in [6, 6.07) is 12.6. The summed E-state index contributed by atoms with van der Waals surface area (Å²) in [5, 5.41) is 1.13. The highest BCUT2D eigenvalue weighted by Crippen LogP contribution is 2.24. The van der Waals surface area contributed by atoms with Crippen LogP contribution in [0.2, 0.25) is 0 Å². The Kier molecular flexibility index (Phi) is 3.59. The zero-order chi connectivity index (χ0) is 14.1. The number of rotatable bonds is 4. The predicted octanol–water partition coefficient (Wildman–Crippen LogP) is 3.95. The summed E-state index contributed by atoms with van der Waals surface area (Å²) in [4.78, 5) is 3.26. The van der Waals surface area contributed by atoms with Crippen LogP contribution in [-0.2, 0) is 13.0 Å². The van der Waals surface area contributed by atoms with Crippen LogP contribution in [0, 0.1) is 0 Å². The van der Waals surface area contributed by atoms with Crippen LogP contribution in [0.3, 0.4) is 0 Å². The Morgan fingerprint density at radius 3 is 2.70 bits per heavy atom. The Labute approximate surface area is 127 Å². The van der Waals surface area contributed by atoms with E-state index in [1.807, 2.05) is 23.5 Å². The van der Waals surface area contributed by atoms with Gasteiger partial charge in [-0.05, 0) is 30.7 Å². The second-order valence-corrected chi connectivity index (χ2v) is 6.46. The van der Waals surface area contributed by atoms with Crippen LogP contribution < -0.4 is 5.73 Å². The second-order valence-electron chi connectivity index (χ2n) is 4.77. The number of fused-ring (bicyclic) bond motifs is 1. The summed E-state index contributed by atoms with van der Waals surface area (Å²) >= 11 is 7.00. The van der Waals surface area contributed by atoms with E-state index >= 15 is 0 Å². The Bertz CT molecular complexity index is 768. The van der Waals surface area contributed by atoms with Gasteiger partial charge < -0.3 is 10.3 Å². The lowest BCUT2D eigenvalue weighted by Gasteiger charge is -2.05. The van der Waals surface area contributed by atoms with Gasteiger partial charge in [-0.1, -0.05) is 31.3 Å². The van der Waals surface area contributed by atoms with Gasteiger partial charge in [-0.3, -0.25) is 0 Å². The maximum absolute atomic E-state index is 5.79. The topological polar surface area (TPSA) is 30.9 Å². The lowest BCUT2D eigenvalue weighted by Crippen LogP contribution is -2.09. The molecule has 0 saturated heterocycles. The van der Waals surface area contributed by atoms with Gasteiger partial charge in [-0.15, -0.1) is 11.3 Å². The van der Waals surface area contributed by atoms with E-state index < -0.39 is 0 Å². The summed E-state index contributed by atoms with van der Waals surface area (Å²) in [7, 11) is 0. The Morgan fingerprint density at radius 1 is 1.20 bits per heavy atom. The summed E-state index contributed by atoms with van der Waals surface area (Å²) in [6.07, 6.45) is 3.21. The van der Waals surface area contributed by atoms with Crippen LogP contribution in [0.15, 0.2) is 42.6 Å². The predicted molar refractivity (Wildman–Crippen MR) is 90.6 cm³/mol. The lowest BCUT2D eigenvalue weighted by atomic mass is 10.1. The van der Waals surface area contributed by atoms with Gasteiger partial charge in [0, 0.05) is 32.4 Å². The molecule has 2 heterocycles. The van der Waals surface area contributed by atoms with E-state index in [0.29, 0.717) is 4.99 Å². The third kappa shape index (κ3) is 2.37. The molecule has 2 nitrogen and oxygen atoms in total. The Morgan fingerprint density at radius 2 is 2.00 bits per heavy atom. The largest absolute Gasteiger partial charge is 0.389 e. The van der Waals surface area contributed by atoms with Crippen molar-refractivity contribution in [2.24, 2.45) is 5.73 Å².